The molecular formula is C14H8BrN3O4. The fraction of sp³-hybridized carbons (Fsp3) is 0. The molecule has 7 nitrogen and oxygen atoms in total. The third kappa shape index (κ3) is 2.82. The first-order chi connectivity index (χ1) is 10.5. The summed E-state index contributed by atoms with van der Waals surface area (Å²) in [5, 5.41) is 0.401. The number of benzene rings is 1. The molecular weight excluding hydrogens is 354 g/mol. The van der Waals surface area contributed by atoms with E-state index in [0.29, 0.717) is 11.0 Å². The molecule has 110 valence electrons. The average Bonchev–Trinajstić information content (AvgIpc) is 2.46. The van der Waals surface area contributed by atoms with Crippen molar-refractivity contribution in [3.63, 3.8) is 0 Å². The Morgan fingerprint density at radius 1 is 1.14 bits per heavy atom. The number of aliphatic imine (C=N–C) groups is 1. The Morgan fingerprint density at radius 2 is 1.95 bits per heavy atom. The standard InChI is InChI=1S/C14H8BrN3O4/c15-8-1-2-10-9(3-8)13(20)7(6-22-10)5-16-11-4-12(19)18-14(21)17-11/h1-6H,(H2,17,18,19,21)/b16-5+. The highest BCUT2D eigenvalue weighted by atomic mass is 79.9. The largest absolute Gasteiger partial charge is 0.463 e. The van der Waals surface area contributed by atoms with E-state index in [-0.39, 0.29) is 16.8 Å². The maximum atomic E-state index is 12.3. The van der Waals surface area contributed by atoms with Gasteiger partial charge < -0.3 is 4.42 Å². The van der Waals surface area contributed by atoms with E-state index in [1.54, 1.807) is 18.2 Å². The van der Waals surface area contributed by atoms with Gasteiger partial charge in [0, 0.05) is 16.8 Å². The van der Waals surface area contributed by atoms with E-state index in [0.717, 1.165) is 10.5 Å². The molecule has 0 saturated carbocycles. The lowest BCUT2D eigenvalue weighted by molar-refractivity contribution is 0.601. The number of aromatic nitrogens is 2. The molecule has 0 aliphatic carbocycles. The molecule has 3 aromatic rings. The van der Waals surface area contributed by atoms with E-state index in [4.69, 9.17) is 4.42 Å². The SMILES string of the molecule is O=c1cc(/N=C/c2coc3ccc(Br)cc3c2=O)[nH]c(=O)[nH]1. The third-order valence-electron chi connectivity index (χ3n) is 2.85. The Balaban J connectivity index is 2.09. The van der Waals surface area contributed by atoms with Gasteiger partial charge in [-0.25, -0.2) is 9.79 Å². The molecule has 0 aliphatic rings. The van der Waals surface area contributed by atoms with Crippen LogP contribution in [0.2, 0.25) is 0 Å². The van der Waals surface area contributed by atoms with E-state index < -0.39 is 11.2 Å². The van der Waals surface area contributed by atoms with Gasteiger partial charge in [-0.15, -0.1) is 0 Å². The van der Waals surface area contributed by atoms with Crippen molar-refractivity contribution >= 4 is 38.9 Å². The maximum Gasteiger partial charge on any atom is 0.327 e. The smallest absolute Gasteiger partial charge is 0.327 e. The number of rotatable bonds is 2. The minimum atomic E-state index is -0.672. The summed E-state index contributed by atoms with van der Waals surface area (Å²) in [6.07, 6.45) is 2.50. The van der Waals surface area contributed by atoms with Gasteiger partial charge in [-0.2, -0.15) is 0 Å². The second-order valence-corrected chi connectivity index (χ2v) is 5.31. The molecule has 2 heterocycles. The van der Waals surface area contributed by atoms with Crippen LogP contribution in [0.1, 0.15) is 5.56 Å². The summed E-state index contributed by atoms with van der Waals surface area (Å²) >= 11 is 3.29. The Kier molecular flexibility index (Phi) is 3.60. The van der Waals surface area contributed by atoms with Crippen LogP contribution in [0.25, 0.3) is 11.0 Å². The Bertz CT molecular complexity index is 1030. The zero-order chi connectivity index (χ0) is 15.7. The van der Waals surface area contributed by atoms with Crippen molar-refractivity contribution < 1.29 is 4.42 Å². The number of nitrogens with one attached hydrogen (secondary N) is 2. The zero-order valence-electron chi connectivity index (χ0n) is 10.9. The van der Waals surface area contributed by atoms with Gasteiger partial charge in [0.15, 0.2) is 0 Å². The summed E-state index contributed by atoms with van der Waals surface area (Å²) in [5.74, 6) is 0.0440. The molecule has 2 N–H and O–H groups in total. The van der Waals surface area contributed by atoms with E-state index >= 15 is 0 Å². The van der Waals surface area contributed by atoms with E-state index in [1.165, 1.54) is 12.5 Å². The highest BCUT2D eigenvalue weighted by Crippen LogP contribution is 2.17. The second kappa shape index (κ2) is 5.57. The lowest BCUT2D eigenvalue weighted by Crippen LogP contribution is -2.20. The van der Waals surface area contributed by atoms with Gasteiger partial charge in [-0.3, -0.25) is 19.6 Å². The summed E-state index contributed by atoms with van der Waals surface area (Å²) in [6.45, 7) is 0. The molecule has 0 radical (unpaired) electrons. The molecule has 0 spiro atoms. The molecule has 22 heavy (non-hydrogen) atoms. The average molecular weight is 362 g/mol. The lowest BCUT2D eigenvalue weighted by atomic mass is 10.2. The zero-order valence-corrected chi connectivity index (χ0v) is 12.5. The van der Waals surface area contributed by atoms with Crippen molar-refractivity contribution in [2.24, 2.45) is 4.99 Å². The molecule has 1 aromatic carbocycles. The van der Waals surface area contributed by atoms with E-state index in [2.05, 4.69) is 25.9 Å². The Hall–Kier alpha value is -2.74. The number of hydrogen-bond donors (Lipinski definition) is 2. The van der Waals surface area contributed by atoms with Crippen molar-refractivity contribution in [1.29, 1.82) is 0 Å². The normalized spacial score (nSPS) is 11.3. The van der Waals surface area contributed by atoms with E-state index in [1.807, 2.05) is 4.98 Å². The van der Waals surface area contributed by atoms with Gasteiger partial charge in [-0.05, 0) is 18.2 Å². The van der Waals surface area contributed by atoms with Crippen molar-refractivity contribution in [2.45, 2.75) is 0 Å². The number of halogens is 1. The third-order valence-corrected chi connectivity index (χ3v) is 3.34. The predicted octanol–water partition coefficient (Wildman–Crippen LogP) is 1.68. The van der Waals surface area contributed by atoms with Crippen LogP contribution in [0.5, 0.6) is 0 Å². The Morgan fingerprint density at radius 3 is 2.73 bits per heavy atom. The van der Waals surface area contributed by atoms with Gasteiger partial charge in [0.25, 0.3) is 5.56 Å². The molecule has 8 heteroatoms. The summed E-state index contributed by atoms with van der Waals surface area (Å²) in [7, 11) is 0. The van der Waals surface area contributed by atoms with Crippen molar-refractivity contribution in [3.8, 4) is 0 Å². The van der Waals surface area contributed by atoms with Crippen LogP contribution in [-0.2, 0) is 0 Å². The number of nitrogens with zero attached hydrogens (tertiary/aromatic N) is 1. The van der Waals surface area contributed by atoms with Crippen LogP contribution in [0, 0.1) is 0 Å². The number of hydrogen-bond acceptors (Lipinski definition) is 5. The fourth-order valence-corrected chi connectivity index (χ4v) is 2.23. The van der Waals surface area contributed by atoms with Crippen molar-refractivity contribution in [2.75, 3.05) is 0 Å². The highest BCUT2D eigenvalue weighted by molar-refractivity contribution is 9.10. The lowest BCUT2D eigenvalue weighted by Gasteiger charge is -1.99. The van der Waals surface area contributed by atoms with Crippen LogP contribution < -0.4 is 16.7 Å². The van der Waals surface area contributed by atoms with Crippen LogP contribution in [-0.4, -0.2) is 16.2 Å². The quantitative estimate of drug-likeness (QED) is 0.676. The molecule has 0 aliphatic heterocycles. The highest BCUT2D eigenvalue weighted by Gasteiger charge is 2.06. The van der Waals surface area contributed by atoms with Crippen LogP contribution in [0.4, 0.5) is 5.82 Å². The first-order valence-corrected chi connectivity index (χ1v) is 6.91. The number of aromatic amines is 2. The van der Waals surface area contributed by atoms with Gasteiger partial charge >= 0.3 is 5.69 Å². The minimum Gasteiger partial charge on any atom is -0.463 e. The van der Waals surface area contributed by atoms with E-state index in [9.17, 15) is 14.4 Å². The fourth-order valence-electron chi connectivity index (χ4n) is 1.87. The summed E-state index contributed by atoms with van der Waals surface area (Å²) in [4.78, 5) is 42.9. The molecule has 0 saturated heterocycles. The second-order valence-electron chi connectivity index (χ2n) is 4.39. The molecule has 0 atom stereocenters. The minimum absolute atomic E-state index is 0.0440. The maximum absolute atomic E-state index is 12.3. The van der Waals surface area contributed by atoms with Crippen molar-refractivity contribution in [3.05, 3.63) is 71.6 Å². The first-order valence-electron chi connectivity index (χ1n) is 6.12. The number of H-pyrrole nitrogens is 2. The van der Waals surface area contributed by atoms with Crippen LogP contribution >= 0.6 is 15.9 Å². The summed E-state index contributed by atoms with van der Waals surface area (Å²) in [6, 6.07) is 6.20. The first kappa shape index (κ1) is 14.2. The molecule has 2 aromatic heterocycles. The number of fused-ring (bicyclic) bond motifs is 1. The Labute approximate surface area is 130 Å². The molecule has 0 bridgehead atoms. The topological polar surface area (TPSA) is 108 Å². The predicted molar refractivity (Wildman–Crippen MR) is 85.1 cm³/mol. The molecule has 3 rings (SSSR count). The van der Waals surface area contributed by atoms with Gasteiger partial charge in [0.2, 0.25) is 5.43 Å². The summed E-state index contributed by atoms with van der Waals surface area (Å²) < 4.78 is 6.11. The van der Waals surface area contributed by atoms with Crippen LogP contribution in [0.15, 0.2) is 58.8 Å². The monoisotopic (exact) mass is 361 g/mol. The molecule has 0 amide bonds. The van der Waals surface area contributed by atoms with Gasteiger partial charge in [0.1, 0.15) is 17.7 Å². The van der Waals surface area contributed by atoms with Gasteiger partial charge in [-0.1, -0.05) is 15.9 Å². The van der Waals surface area contributed by atoms with Gasteiger partial charge in [0.05, 0.1) is 10.9 Å². The van der Waals surface area contributed by atoms with Crippen LogP contribution in [0.3, 0.4) is 0 Å². The van der Waals surface area contributed by atoms with Crippen molar-refractivity contribution in [1.82, 2.24) is 9.97 Å². The summed E-state index contributed by atoms with van der Waals surface area (Å²) in [5.41, 5.74) is -0.861. The molecule has 0 fully saturated rings. The molecule has 0 unspecified atom stereocenters.